The molecule has 0 bridgehead atoms. The number of ether oxygens (including phenoxy) is 2. The topological polar surface area (TPSA) is 18.5 Å². The number of hydrogen-bond acceptors (Lipinski definition) is 2. The van der Waals surface area contributed by atoms with E-state index >= 15 is 0 Å². The van der Waals surface area contributed by atoms with E-state index in [2.05, 4.69) is 27.7 Å². The normalized spacial score (nSPS) is 11.5. The minimum Gasteiger partial charge on any atom is -0.345 e. The molecular weight excluding hydrogens is 164 g/mol. The van der Waals surface area contributed by atoms with Crippen LogP contribution in [0.3, 0.4) is 0 Å². The van der Waals surface area contributed by atoms with E-state index < -0.39 is 0 Å². The molecule has 0 aliphatic heterocycles. The Morgan fingerprint density at radius 2 is 1.08 bits per heavy atom. The zero-order valence-corrected chi connectivity index (χ0v) is 9.38. The molecule has 0 aliphatic carbocycles. The quantitative estimate of drug-likeness (QED) is 0.579. The maximum atomic E-state index is 5.43. The smallest absolute Gasteiger partial charge is 0.209 e. The van der Waals surface area contributed by atoms with Crippen LogP contribution in [0.5, 0.6) is 0 Å². The first-order valence-corrected chi connectivity index (χ1v) is 5.40. The van der Waals surface area contributed by atoms with Gasteiger partial charge in [0, 0.05) is 0 Å². The molecule has 0 rings (SSSR count). The molecule has 0 atom stereocenters. The van der Waals surface area contributed by atoms with Gasteiger partial charge in [-0.15, -0.1) is 0 Å². The molecule has 0 saturated heterocycles. The molecular formula is C11H23O2. The standard InChI is InChI=1S/C11H23O2/c1-5-10(6-2)12-9-13-11(7-3)8-4/h9-11H,5-8H2,1-4H3. The summed E-state index contributed by atoms with van der Waals surface area (Å²) in [7, 11) is 0. The van der Waals surface area contributed by atoms with Crippen molar-refractivity contribution in [3.05, 3.63) is 6.79 Å². The van der Waals surface area contributed by atoms with Gasteiger partial charge in [-0.05, 0) is 25.7 Å². The van der Waals surface area contributed by atoms with Crippen molar-refractivity contribution in [2.45, 2.75) is 65.6 Å². The van der Waals surface area contributed by atoms with Gasteiger partial charge in [0.2, 0.25) is 6.79 Å². The maximum absolute atomic E-state index is 5.43. The van der Waals surface area contributed by atoms with Crippen LogP contribution in [-0.2, 0) is 9.47 Å². The summed E-state index contributed by atoms with van der Waals surface area (Å²) in [6, 6.07) is 0. The van der Waals surface area contributed by atoms with Crippen LogP contribution in [0.1, 0.15) is 53.4 Å². The first-order valence-electron chi connectivity index (χ1n) is 5.40. The lowest BCUT2D eigenvalue weighted by atomic mass is 10.2. The predicted octanol–water partition coefficient (Wildman–Crippen LogP) is 3.52. The van der Waals surface area contributed by atoms with Gasteiger partial charge in [0.15, 0.2) is 0 Å². The van der Waals surface area contributed by atoms with E-state index in [-0.39, 0.29) is 0 Å². The summed E-state index contributed by atoms with van der Waals surface area (Å²) in [5.74, 6) is 0. The molecule has 0 saturated carbocycles. The summed E-state index contributed by atoms with van der Waals surface area (Å²) in [5, 5.41) is 0. The highest BCUT2D eigenvalue weighted by Gasteiger charge is 2.07. The van der Waals surface area contributed by atoms with Crippen LogP contribution in [0.4, 0.5) is 0 Å². The van der Waals surface area contributed by atoms with E-state index in [1.54, 1.807) is 0 Å². The third kappa shape index (κ3) is 6.05. The van der Waals surface area contributed by atoms with E-state index in [1.807, 2.05) is 0 Å². The molecule has 0 spiro atoms. The average Bonchev–Trinajstić information content (AvgIpc) is 2.19. The summed E-state index contributed by atoms with van der Waals surface area (Å²) in [6.07, 6.45) is 4.79. The van der Waals surface area contributed by atoms with Crippen molar-refractivity contribution < 1.29 is 9.47 Å². The van der Waals surface area contributed by atoms with Crippen molar-refractivity contribution in [2.75, 3.05) is 0 Å². The molecule has 79 valence electrons. The molecule has 1 radical (unpaired) electrons. The molecule has 2 heteroatoms. The Morgan fingerprint density at radius 1 is 0.769 bits per heavy atom. The zero-order valence-electron chi connectivity index (χ0n) is 9.38. The van der Waals surface area contributed by atoms with Crippen molar-refractivity contribution in [1.29, 1.82) is 0 Å². The fourth-order valence-electron chi connectivity index (χ4n) is 1.15. The fraction of sp³-hybridized carbons (Fsp3) is 0.909. The van der Waals surface area contributed by atoms with Crippen LogP contribution in [0.25, 0.3) is 0 Å². The third-order valence-electron chi connectivity index (χ3n) is 2.32. The Kier molecular flexibility index (Phi) is 8.46. The highest BCUT2D eigenvalue weighted by molar-refractivity contribution is 4.55. The monoisotopic (exact) mass is 187 g/mol. The van der Waals surface area contributed by atoms with Gasteiger partial charge < -0.3 is 9.47 Å². The third-order valence-corrected chi connectivity index (χ3v) is 2.32. The molecule has 2 nitrogen and oxygen atoms in total. The van der Waals surface area contributed by atoms with E-state index in [0.717, 1.165) is 25.7 Å². The Morgan fingerprint density at radius 3 is 1.31 bits per heavy atom. The van der Waals surface area contributed by atoms with Crippen molar-refractivity contribution in [2.24, 2.45) is 0 Å². The molecule has 13 heavy (non-hydrogen) atoms. The molecule has 0 aliphatic rings. The van der Waals surface area contributed by atoms with Crippen molar-refractivity contribution in [1.82, 2.24) is 0 Å². The predicted molar refractivity (Wildman–Crippen MR) is 55.2 cm³/mol. The second-order valence-electron chi connectivity index (χ2n) is 3.25. The molecule has 0 aromatic rings. The van der Waals surface area contributed by atoms with E-state index in [4.69, 9.17) is 9.47 Å². The van der Waals surface area contributed by atoms with Gasteiger partial charge in [-0.3, -0.25) is 0 Å². The summed E-state index contributed by atoms with van der Waals surface area (Å²) in [6.45, 7) is 10.0. The average molecular weight is 187 g/mol. The second kappa shape index (κ2) is 8.52. The van der Waals surface area contributed by atoms with Crippen LogP contribution >= 0.6 is 0 Å². The lowest BCUT2D eigenvalue weighted by molar-refractivity contribution is -0.0559. The summed E-state index contributed by atoms with van der Waals surface area (Å²) in [4.78, 5) is 0. The van der Waals surface area contributed by atoms with Gasteiger partial charge in [-0.2, -0.15) is 0 Å². The Hall–Kier alpha value is -0.0800. The first kappa shape index (κ1) is 12.9. The van der Waals surface area contributed by atoms with Crippen LogP contribution < -0.4 is 0 Å². The van der Waals surface area contributed by atoms with Crippen LogP contribution in [0.2, 0.25) is 0 Å². The van der Waals surface area contributed by atoms with E-state index in [9.17, 15) is 0 Å². The largest absolute Gasteiger partial charge is 0.345 e. The molecule has 0 amide bonds. The van der Waals surface area contributed by atoms with Gasteiger partial charge in [0.25, 0.3) is 0 Å². The maximum Gasteiger partial charge on any atom is 0.209 e. The molecule has 0 aromatic carbocycles. The van der Waals surface area contributed by atoms with Gasteiger partial charge in [0.1, 0.15) is 0 Å². The van der Waals surface area contributed by atoms with Crippen molar-refractivity contribution >= 4 is 0 Å². The minimum atomic E-state index is 0.314. The first-order chi connectivity index (χ1) is 6.28. The van der Waals surface area contributed by atoms with Gasteiger partial charge in [-0.25, -0.2) is 0 Å². The lowest BCUT2D eigenvalue weighted by Crippen LogP contribution is -2.14. The summed E-state index contributed by atoms with van der Waals surface area (Å²) in [5.41, 5.74) is 0. The summed E-state index contributed by atoms with van der Waals surface area (Å²) < 4.78 is 10.9. The Balaban J connectivity index is 3.41. The van der Waals surface area contributed by atoms with Crippen LogP contribution in [0, 0.1) is 6.79 Å². The lowest BCUT2D eigenvalue weighted by Gasteiger charge is -2.16. The SMILES string of the molecule is CCC(CC)O[CH]OC(CC)CC. The molecule has 0 fully saturated rings. The van der Waals surface area contributed by atoms with E-state index in [0.29, 0.717) is 12.2 Å². The molecule has 0 N–H and O–H groups in total. The van der Waals surface area contributed by atoms with Crippen molar-refractivity contribution in [3.63, 3.8) is 0 Å². The Bertz CT molecular complexity index is 84.3. The number of rotatable bonds is 8. The molecule has 0 aromatic heterocycles. The van der Waals surface area contributed by atoms with Gasteiger partial charge >= 0.3 is 0 Å². The fourth-order valence-corrected chi connectivity index (χ4v) is 1.15. The Labute approximate surface area is 82.6 Å². The minimum absolute atomic E-state index is 0.314. The van der Waals surface area contributed by atoms with Gasteiger partial charge in [0.05, 0.1) is 12.2 Å². The van der Waals surface area contributed by atoms with Crippen LogP contribution in [0.15, 0.2) is 0 Å². The van der Waals surface area contributed by atoms with Crippen molar-refractivity contribution in [3.8, 4) is 0 Å². The second-order valence-corrected chi connectivity index (χ2v) is 3.25. The number of hydrogen-bond donors (Lipinski definition) is 0. The molecule has 0 unspecified atom stereocenters. The molecule has 0 heterocycles. The highest BCUT2D eigenvalue weighted by atomic mass is 16.7. The zero-order chi connectivity index (χ0) is 10.1. The van der Waals surface area contributed by atoms with Gasteiger partial charge in [-0.1, -0.05) is 27.7 Å². The highest BCUT2D eigenvalue weighted by Crippen LogP contribution is 2.09. The van der Waals surface area contributed by atoms with Crippen LogP contribution in [-0.4, -0.2) is 12.2 Å². The van der Waals surface area contributed by atoms with E-state index in [1.165, 1.54) is 6.79 Å². The summed E-state index contributed by atoms with van der Waals surface area (Å²) >= 11 is 0.